The molecule has 0 radical (unpaired) electrons. The standard InChI is InChI=1S/C15H18N4O3/c1-2-19-13(8-9-16-19)18-15(22)17-12-5-3-4-11(10-12)6-7-14(20)21/h3-5,8-10H,2,6-7H2,1H3,(H,20,21)(H2,17,18,22). The number of urea groups is 1. The molecule has 0 saturated heterocycles. The SMILES string of the molecule is CCn1nccc1NC(=O)Nc1cccc(CCC(=O)O)c1. The van der Waals surface area contributed by atoms with Crippen LogP contribution in [0.2, 0.25) is 0 Å². The van der Waals surface area contributed by atoms with Gasteiger partial charge in [-0.3, -0.25) is 10.1 Å². The van der Waals surface area contributed by atoms with Crippen molar-refractivity contribution in [2.75, 3.05) is 10.6 Å². The second-order valence-corrected chi connectivity index (χ2v) is 4.71. The summed E-state index contributed by atoms with van der Waals surface area (Å²) < 4.78 is 1.67. The highest BCUT2D eigenvalue weighted by molar-refractivity contribution is 5.99. The molecule has 116 valence electrons. The first kappa shape index (κ1) is 15.6. The van der Waals surface area contributed by atoms with Crippen LogP contribution in [-0.4, -0.2) is 26.9 Å². The van der Waals surface area contributed by atoms with E-state index in [4.69, 9.17) is 5.11 Å². The van der Waals surface area contributed by atoms with E-state index < -0.39 is 5.97 Å². The van der Waals surface area contributed by atoms with Crippen LogP contribution in [0.4, 0.5) is 16.3 Å². The molecule has 7 heteroatoms. The van der Waals surface area contributed by atoms with Crippen LogP contribution in [0.1, 0.15) is 18.9 Å². The highest BCUT2D eigenvalue weighted by Gasteiger charge is 2.07. The molecule has 1 aromatic carbocycles. The van der Waals surface area contributed by atoms with E-state index in [-0.39, 0.29) is 12.5 Å². The summed E-state index contributed by atoms with van der Waals surface area (Å²) in [6.45, 7) is 2.59. The van der Waals surface area contributed by atoms with Gasteiger partial charge in [0.05, 0.1) is 6.20 Å². The number of aromatic nitrogens is 2. The smallest absolute Gasteiger partial charge is 0.324 e. The fourth-order valence-corrected chi connectivity index (χ4v) is 2.03. The van der Waals surface area contributed by atoms with Crippen molar-refractivity contribution in [1.29, 1.82) is 0 Å². The Morgan fingerprint density at radius 2 is 2.09 bits per heavy atom. The summed E-state index contributed by atoms with van der Waals surface area (Å²) in [5.74, 6) is -0.231. The van der Waals surface area contributed by atoms with E-state index in [9.17, 15) is 9.59 Å². The van der Waals surface area contributed by atoms with Crippen LogP contribution in [0.3, 0.4) is 0 Å². The molecule has 0 saturated carbocycles. The third-order valence-electron chi connectivity index (χ3n) is 3.07. The van der Waals surface area contributed by atoms with E-state index in [2.05, 4.69) is 15.7 Å². The van der Waals surface area contributed by atoms with Crippen LogP contribution in [-0.2, 0) is 17.8 Å². The lowest BCUT2D eigenvalue weighted by molar-refractivity contribution is -0.136. The zero-order chi connectivity index (χ0) is 15.9. The maximum absolute atomic E-state index is 12.0. The number of hydrogen-bond acceptors (Lipinski definition) is 3. The lowest BCUT2D eigenvalue weighted by Gasteiger charge is -2.09. The molecule has 0 unspecified atom stereocenters. The van der Waals surface area contributed by atoms with E-state index in [1.54, 1.807) is 35.1 Å². The first-order valence-corrected chi connectivity index (χ1v) is 6.99. The van der Waals surface area contributed by atoms with Crippen molar-refractivity contribution in [3.8, 4) is 0 Å². The highest BCUT2D eigenvalue weighted by atomic mass is 16.4. The summed E-state index contributed by atoms with van der Waals surface area (Å²) in [5.41, 5.74) is 1.47. The van der Waals surface area contributed by atoms with Gasteiger partial charge in [0.25, 0.3) is 0 Å². The van der Waals surface area contributed by atoms with Gasteiger partial charge in [-0.2, -0.15) is 5.10 Å². The molecule has 3 N–H and O–H groups in total. The van der Waals surface area contributed by atoms with Gasteiger partial charge < -0.3 is 10.4 Å². The van der Waals surface area contributed by atoms with Gasteiger partial charge in [-0.05, 0) is 31.0 Å². The quantitative estimate of drug-likeness (QED) is 0.764. The van der Waals surface area contributed by atoms with E-state index in [0.717, 1.165) is 5.56 Å². The third kappa shape index (κ3) is 4.34. The lowest BCUT2D eigenvalue weighted by atomic mass is 10.1. The van der Waals surface area contributed by atoms with Crippen molar-refractivity contribution in [3.05, 3.63) is 42.1 Å². The molecule has 7 nitrogen and oxygen atoms in total. The number of carbonyl (C=O) groups excluding carboxylic acids is 1. The summed E-state index contributed by atoms with van der Waals surface area (Å²) in [7, 11) is 0. The Morgan fingerprint density at radius 1 is 1.27 bits per heavy atom. The Morgan fingerprint density at radius 3 is 2.82 bits per heavy atom. The van der Waals surface area contributed by atoms with Crippen molar-refractivity contribution in [2.45, 2.75) is 26.3 Å². The highest BCUT2D eigenvalue weighted by Crippen LogP contribution is 2.13. The Kier molecular flexibility index (Phi) is 5.13. The zero-order valence-corrected chi connectivity index (χ0v) is 12.2. The molecule has 0 bridgehead atoms. The van der Waals surface area contributed by atoms with Crippen LogP contribution in [0.25, 0.3) is 0 Å². The van der Waals surface area contributed by atoms with Crippen LogP contribution in [0, 0.1) is 0 Å². The van der Waals surface area contributed by atoms with Gasteiger partial charge in [-0.15, -0.1) is 0 Å². The number of carbonyl (C=O) groups is 2. The van der Waals surface area contributed by atoms with E-state index in [1.165, 1.54) is 0 Å². The molecule has 2 aromatic rings. The molecule has 0 aliphatic rings. The van der Waals surface area contributed by atoms with Crippen molar-refractivity contribution < 1.29 is 14.7 Å². The molecule has 2 rings (SSSR count). The second kappa shape index (κ2) is 7.26. The Bertz CT molecular complexity index is 666. The van der Waals surface area contributed by atoms with Crippen molar-refractivity contribution in [3.63, 3.8) is 0 Å². The topological polar surface area (TPSA) is 96.3 Å². The van der Waals surface area contributed by atoms with E-state index in [0.29, 0.717) is 24.5 Å². The number of nitrogens with one attached hydrogen (secondary N) is 2. The van der Waals surface area contributed by atoms with Crippen molar-refractivity contribution >= 4 is 23.5 Å². The molecule has 0 fully saturated rings. The molecule has 0 spiro atoms. The number of anilines is 2. The van der Waals surface area contributed by atoms with Crippen molar-refractivity contribution in [2.24, 2.45) is 0 Å². The van der Waals surface area contributed by atoms with Gasteiger partial charge in [-0.1, -0.05) is 12.1 Å². The van der Waals surface area contributed by atoms with Gasteiger partial charge in [0.15, 0.2) is 0 Å². The lowest BCUT2D eigenvalue weighted by Crippen LogP contribution is -2.21. The number of carboxylic acid groups (broad SMARTS) is 1. The van der Waals surface area contributed by atoms with Crippen LogP contribution in [0.5, 0.6) is 0 Å². The third-order valence-corrected chi connectivity index (χ3v) is 3.07. The first-order chi connectivity index (χ1) is 10.6. The minimum atomic E-state index is -0.844. The Balaban J connectivity index is 1.96. The molecule has 2 amide bonds. The van der Waals surface area contributed by atoms with Crippen LogP contribution >= 0.6 is 0 Å². The van der Waals surface area contributed by atoms with Gasteiger partial charge in [0.1, 0.15) is 5.82 Å². The van der Waals surface area contributed by atoms with Gasteiger partial charge >= 0.3 is 12.0 Å². The molecule has 22 heavy (non-hydrogen) atoms. The number of aliphatic carboxylic acids is 1. The maximum Gasteiger partial charge on any atom is 0.324 e. The normalized spacial score (nSPS) is 10.2. The molecule has 1 aromatic heterocycles. The molecular weight excluding hydrogens is 284 g/mol. The molecule has 0 aliphatic heterocycles. The van der Waals surface area contributed by atoms with E-state index >= 15 is 0 Å². The summed E-state index contributed by atoms with van der Waals surface area (Å²) in [6.07, 6.45) is 2.10. The maximum atomic E-state index is 12.0. The average molecular weight is 302 g/mol. The fraction of sp³-hybridized carbons (Fsp3) is 0.267. The minimum Gasteiger partial charge on any atom is -0.481 e. The molecular formula is C15H18N4O3. The predicted molar refractivity (Wildman–Crippen MR) is 82.9 cm³/mol. The van der Waals surface area contributed by atoms with Crippen LogP contribution in [0.15, 0.2) is 36.5 Å². The largest absolute Gasteiger partial charge is 0.481 e. The fourth-order valence-electron chi connectivity index (χ4n) is 2.03. The summed E-state index contributed by atoms with van der Waals surface area (Å²) >= 11 is 0. The summed E-state index contributed by atoms with van der Waals surface area (Å²) in [4.78, 5) is 22.6. The van der Waals surface area contributed by atoms with Gasteiger partial charge in [-0.25, -0.2) is 9.48 Å². The second-order valence-electron chi connectivity index (χ2n) is 4.71. The number of amides is 2. The van der Waals surface area contributed by atoms with Gasteiger partial charge in [0, 0.05) is 24.7 Å². The van der Waals surface area contributed by atoms with Crippen molar-refractivity contribution in [1.82, 2.24) is 9.78 Å². The number of carboxylic acids is 1. The zero-order valence-electron chi connectivity index (χ0n) is 12.2. The summed E-state index contributed by atoms with van der Waals surface area (Å²) in [5, 5.41) is 18.2. The minimum absolute atomic E-state index is 0.0608. The predicted octanol–water partition coefficient (Wildman–Crippen LogP) is 2.56. The van der Waals surface area contributed by atoms with Gasteiger partial charge in [0.2, 0.25) is 0 Å². The monoisotopic (exact) mass is 302 g/mol. The number of rotatable bonds is 6. The molecule has 0 atom stereocenters. The Labute approximate surface area is 128 Å². The first-order valence-electron chi connectivity index (χ1n) is 6.99. The van der Waals surface area contributed by atoms with Crippen LogP contribution < -0.4 is 10.6 Å². The average Bonchev–Trinajstić information content (AvgIpc) is 2.92. The number of nitrogens with zero attached hydrogens (tertiary/aromatic N) is 2. The molecule has 1 heterocycles. The number of hydrogen-bond donors (Lipinski definition) is 3. The van der Waals surface area contributed by atoms with E-state index in [1.807, 2.05) is 13.0 Å². The molecule has 0 aliphatic carbocycles. The number of benzene rings is 1. The summed E-state index contributed by atoms with van der Waals surface area (Å²) in [6, 6.07) is 8.47. The Hall–Kier alpha value is -2.83. The number of aryl methyl sites for hydroxylation is 2.